The lowest BCUT2D eigenvalue weighted by molar-refractivity contribution is -0.193. The summed E-state index contributed by atoms with van der Waals surface area (Å²) in [7, 11) is 0. The van der Waals surface area contributed by atoms with Crippen LogP contribution in [0.1, 0.15) is 42.7 Å². The molecule has 1 atom stereocenters. The quantitative estimate of drug-likeness (QED) is 0.517. The van der Waals surface area contributed by atoms with Crippen molar-refractivity contribution >= 4 is 35.0 Å². The van der Waals surface area contributed by atoms with Crippen LogP contribution in [0, 0.1) is 6.92 Å². The minimum Gasteiger partial charge on any atom is -0.450 e. The molecule has 1 unspecified atom stereocenters. The Kier molecular flexibility index (Phi) is 5.49. The van der Waals surface area contributed by atoms with Crippen molar-refractivity contribution in [3.05, 3.63) is 33.3 Å². The number of hydrogen-bond acceptors (Lipinski definition) is 4. The summed E-state index contributed by atoms with van der Waals surface area (Å²) < 4.78 is 47.2. The van der Waals surface area contributed by atoms with Crippen LogP contribution in [-0.2, 0) is 19.1 Å². The third-order valence-corrected chi connectivity index (χ3v) is 5.59. The fourth-order valence-electron chi connectivity index (χ4n) is 3.78. The lowest BCUT2D eigenvalue weighted by Gasteiger charge is -2.34. The summed E-state index contributed by atoms with van der Waals surface area (Å²) in [5, 5.41) is 0.589. The molecule has 3 rings (SSSR count). The third kappa shape index (κ3) is 4.10. The van der Waals surface area contributed by atoms with Gasteiger partial charge in [-0.2, -0.15) is 13.2 Å². The number of carbonyl (C=O) groups excluding carboxylic acids is 2. The summed E-state index contributed by atoms with van der Waals surface area (Å²) in [5.74, 6) is -2.25. The molecule has 1 saturated carbocycles. The Hall–Kier alpha value is -1.31. The van der Waals surface area contributed by atoms with Gasteiger partial charge in [-0.25, -0.2) is 0 Å². The zero-order chi connectivity index (χ0) is 20.0. The summed E-state index contributed by atoms with van der Waals surface area (Å²) in [5.41, 5.74) is -0.361. The van der Waals surface area contributed by atoms with E-state index in [2.05, 4.69) is 0 Å². The fraction of sp³-hybridized carbons (Fsp3) is 0.556. The molecule has 0 aromatic heterocycles. The summed E-state index contributed by atoms with van der Waals surface area (Å²) in [6.07, 6.45) is -4.37. The van der Waals surface area contributed by atoms with Crippen LogP contribution in [0.2, 0.25) is 10.0 Å². The average Bonchev–Trinajstić information content (AvgIpc) is 2.77. The molecule has 1 aromatic carbocycles. The van der Waals surface area contributed by atoms with E-state index in [1.807, 2.05) is 0 Å². The van der Waals surface area contributed by atoms with Gasteiger partial charge in [0.2, 0.25) is 0 Å². The zero-order valence-corrected chi connectivity index (χ0v) is 15.9. The molecule has 9 heteroatoms. The number of ether oxygens (including phenoxy) is 2. The number of halogens is 5. The molecule has 1 spiro atoms. The van der Waals surface area contributed by atoms with Crippen molar-refractivity contribution in [2.24, 2.45) is 0 Å². The van der Waals surface area contributed by atoms with E-state index in [9.17, 15) is 22.8 Å². The van der Waals surface area contributed by atoms with Gasteiger partial charge >= 0.3 is 12.1 Å². The first-order valence-electron chi connectivity index (χ1n) is 8.43. The van der Waals surface area contributed by atoms with Gasteiger partial charge in [0.05, 0.1) is 6.10 Å². The van der Waals surface area contributed by atoms with Crippen molar-refractivity contribution in [3.8, 4) is 0 Å². The third-order valence-electron chi connectivity index (χ3n) is 5.06. The number of esters is 1. The van der Waals surface area contributed by atoms with Crippen molar-refractivity contribution in [2.75, 3.05) is 6.61 Å². The molecule has 1 aliphatic carbocycles. The largest absolute Gasteiger partial charge is 0.450 e. The molecule has 148 valence electrons. The lowest BCUT2D eigenvalue weighted by atomic mass is 9.76. The van der Waals surface area contributed by atoms with Crippen LogP contribution in [-0.4, -0.2) is 36.2 Å². The van der Waals surface area contributed by atoms with Crippen LogP contribution in [0.3, 0.4) is 0 Å². The van der Waals surface area contributed by atoms with Crippen LogP contribution in [0.25, 0.3) is 0 Å². The summed E-state index contributed by atoms with van der Waals surface area (Å²) in [4.78, 5) is 25.5. The van der Waals surface area contributed by atoms with E-state index in [1.165, 1.54) is 6.07 Å². The second-order valence-electron chi connectivity index (χ2n) is 6.96. The summed E-state index contributed by atoms with van der Waals surface area (Å²) >= 11 is 12.2. The van der Waals surface area contributed by atoms with Gasteiger partial charge in [0.1, 0.15) is 12.5 Å². The second-order valence-corrected chi connectivity index (χ2v) is 7.80. The average molecular weight is 425 g/mol. The van der Waals surface area contributed by atoms with Gasteiger partial charge in [-0.15, -0.1) is 0 Å². The number of aryl methyl sites for hydroxylation is 1. The first-order chi connectivity index (χ1) is 12.5. The Morgan fingerprint density at radius 3 is 2.41 bits per heavy atom. The Bertz CT molecular complexity index is 747. The van der Waals surface area contributed by atoms with Gasteiger partial charge in [-0.05, 0) is 55.9 Å². The molecule has 0 N–H and O–H groups in total. The maximum atomic E-state index is 13.0. The molecular formula is C18H17Cl2F3O4. The second kappa shape index (κ2) is 7.26. The van der Waals surface area contributed by atoms with Crippen molar-refractivity contribution in [2.45, 2.75) is 56.4 Å². The van der Waals surface area contributed by atoms with Crippen LogP contribution in [0.4, 0.5) is 13.2 Å². The molecule has 4 nitrogen and oxygen atoms in total. The van der Waals surface area contributed by atoms with Crippen LogP contribution in [0.5, 0.6) is 0 Å². The maximum Gasteiger partial charge on any atom is 0.411 e. The maximum absolute atomic E-state index is 13.0. The Morgan fingerprint density at radius 1 is 1.22 bits per heavy atom. The number of ketones is 1. The topological polar surface area (TPSA) is 52.6 Å². The highest BCUT2D eigenvalue weighted by Gasteiger charge is 2.57. The predicted octanol–water partition coefficient (Wildman–Crippen LogP) is 4.77. The van der Waals surface area contributed by atoms with Gasteiger partial charge < -0.3 is 9.47 Å². The number of alkyl halides is 3. The van der Waals surface area contributed by atoms with Crippen molar-refractivity contribution in [1.82, 2.24) is 0 Å². The number of carbonyl (C=O) groups is 2. The molecule has 27 heavy (non-hydrogen) atoms. The fourth-order valence-corrected chi connectivity index (χ4v) is 4.49. The predicted molar refractivity (Wildman–Crippen MR) is 92.0 cm³/mol. The normalized spacial score (nSPS) is 28.7. The standard InChI is InChI=1S/C18H17Cl2F3O4/c1-9-6-10(19)7-12(20)13(9)14-15(24)17(27-16(14)25)4-2-11(3-5-17)26-8-18(21,22)23/h6-7,11,14H,2-5,8H2,1H3. The van der Waals surface area contributed by atoms with Crippen LogP contribution >= 0.6 is 23.2 Å². The van der Waals surface area contributed by atoms with E-state index in [0.717, 1.165) is 0 Å². The van der Waals surface area contributed by atoms with E-state index in [1.54, 1.807) is 13.0 Å². The van der Waals surface area contributed by atoms with E-state index in [0.29, 0.717) is 16.1 Å². The van der Waals surface area contributed by atoms with Crippen molar-refractivity contribution in [3.63, 3.8) is 0 Å². The van der Waals surface area contributed by atoms with E-state index >= 15 is 0 Å². The summed E-state index contributed by atoms with van der Waals surface area (Å²) in [6.45, 7) is 0.362. The molecule has 0 bridgehead atoms. The number of hydrogen-bond donors (Lipinski definition) is 0. The van der Waals surface area contributed by atoms with Gasteiger partial charge in [0.25, 0.3) is 0 Å². The van der Waals surface area contributed by atoms with Crippen molar-refractivity contribution in [1.29, 1.82) is 0 Å². The first kappa shape index (κ1) is 20.4. The van der Waals surface area contributed by atoms with Crippen LogP contribution < -0.4 is 0 Å². The molecule has 1 aromatic rings. The molecule has 1 heterocycles. The van der Waals surface area contributed by atoms with Crippen LogP contribution in [0.15, 0.2) is 12.1 Å². The zero-order valence-electron chi connectivity index (χ0n) is 14.4. The van der Waals surface area contributed by atoms with Gasteiger partial charge in [0.15, 0.2) is 11.4 Å². The van der Waals surface area contributed by atoms with Gasteiger partial charge in [-0.3, -0.25) is 9.59 Å². The molecule has 2 fully saturated rings. The van der Waals surface area contributed by atoms with E-state index in [4.69, 9.17) is 32.7 Å². The van der Waals surface area contributed by atoms with Gasteiger partial charge in [-0.1, -0.05) is 23.2 Å². The number of rotatable bonds is 3. The number of Topliss-reactive ketones (excluding diaryl/α,β-unsaturated/α-hetero) is 1. The number of benzene rings is 1. The molecule has 1 aliphatic heterocycles. The van der Waals surface area contributed by atoms with E-state index in [-0.39, 0.29) is 30.7 Å². The first-order valence-corrected chi connectivity index (χ1v) is 9.19. The molecule has 1 saturated heterocycles. The smallest absolute Gasteiger partial charge is 0.411 e. The minimum absolute atomic E-state index is 0.126. The monoisotopic (exact) mass is 424 g/mol. The molecule has 0 amide bonds. The lowest BCUT2D eigenvalue weighted by Crippen LogP contribution is -2.43. The minimum atomic E-state index is -4.40. The van der Waals surface area contributed by atoms with Gasteiger partial charge in [0, 0.05) is 10.0 Å². The van der Waals surface area contributed by atoms with Crippen molar-refractivity contribution < 1.29 is 32.2 Å². The molecule has 0 radical (unpaired) electrons. The SMILES string of the molecule is Cc1cc(Cl)cc(Cl)c1C1C(=O)OC2(CCC(OCC(F)(F)F)CC2)C1=O. The highest BCUT2D eigenvalue weighted by atomic mass is 35.5. The highest BCUT2D eigenvalue weighted by Crippen LogP contribution is 2.46. The highest BCUT2D eigenvalue weighted by molar-refractivity contribution is 6.36. The Morgan fingerprint density at radius 2 is 1.85 bits per heavy atom. The summed E-state index contributed by atoms with van der Waals surface area (Å²) in [6, 6.07) is 3.06. The Balaban J connectivity index is 1.76. The molecule has 2 aliphatic rings. The molecular weight excluding hydrogens is 408 g/mol. The Labute approximate surface area is 163 Å². The van der Waals surface area contributed by atoms with E-state index < -0.39 is 42.2 Å².